The summed E-state index contributed by atoms with van der Waals surface area (Å²) in [5, 5.41) is 24.0. The second kappa shape index (κ2) is 6.38. The zero-order valence-corrected chi connectivity index (χ0v) is 11.0. The van der Waals surface area contributed by atoms with E-state index in [-0.39, 0.29) is 24.1 Å². The van der Waals surface area contributed by atoms with Crippen molar-refractivity contribution >= 4 is 11.9 Å². The number of hydrogen-bond donors (Lipinski definition) is 4. The molecule has 1 aromatic carbocycles. The van der Waals surface area contributed by atoms with Crippen molar-refractivity contribution in [1.82, 2.24) is 10.6 Å². The molecule has 1 amide bonds. The molecule has 1 fully saturated rings. The van der Waals surface area contributed by atoms with E-state index in [1.165, 1.54) is 12.1 Å². The number of phenols is 1. The Morgan fingerprint density at radius 3 is 2.60 bits per heavy atom. The molecule has 20 heavy (non-hydrogen) atoms. The highest BCUT2D eigenvalue weighted by Gasteiger charge is 2.27. The van der Waals surface area contributed by atoms with Crippen LogP contribution in [0.4, 0.5) is 0 Å². The molecule has 1 unspecified atom stereocenters. The van der Waals surface area contributed by atoms with Gasteiger partial charge >= 0.3 is 5.97 Å². The van der Waals surface area contributed by atoms with Crippen LogP contribution in [0.25, 0.3) is 0 Å². The van der Waals surface area contributed by atoms with Gasteiger partial charge in [0.05, 0.1) is 6.04 Å². The number of aromatic hydroxyl groups is 1. The maximum absolute atomic E-state index is 11.9. The van der Waals surface area contributed by atoms with E-state index in [4.69, 9.17) is 0 Å². The van der Waals surface area contributed by atoms with Gasteiger partial charge in [-0.25, -0.2) is 4.79 Å². The normalized spacial score (nSPS) is 19.5. The minimum absolute atomic E-state index is 0.125. The van der Waals surface area contributed by atoms with E-state index >= 15 is 0 Å². The third kappa shape index (κ3) is 3.71. The van der Waals surface area contributed by atoms with Crippen molar-refractivity contribution in [3.8, 4) is 5.75 Å². The number of benzene rings is 1. The Morgan fingerprint density at radius 1 is 1.35 bits per heavy atom. The lowest BCUT2D eigenvalue weighted by molar-refractivity contribution is -0.142. The molecule has 0 radical (unpaired) electrons. The predicted octanol–water partition coefficient (Wildman–Crippen LogP) is 0.256. The molecule has 0 bridgehead atoms. The van der Waals surface area contributed by atoms with Crippen molar-refractivity contribution in [2.24, 2.45) is 0 Å². The molecule has 1 aromatic rings. The van der Waals surface area contributed by atoms with E-state index in [1.54, 1.807) is 12.1 Å². The summed E-state index contributed by atoms with van der Waals surface area (Å²) >= 11 is 0. The second-order valence-corrected chi connectivity index (χ2v) is 4.92. The molecular weight excluding hydrogens is 260 g/mol. The fourth-order valence-electron chi connectivity index (χ4n) is 2.25. The highest BCUT2D eigenvalue weighted by molar-refractivity contribution is 5.87. The highest BCUT2D eigenvalue weighted by Crippen LogP contribution is 2.12. The van der Waals surface area contributed by atoms with Crippen LogP contribution in [0.15, 0.2) is 24.3 Å². The van der Waals surface area contributed by atoms with Gasteiger partial charge in [-0.1, -0.05) is 12.1 Å². The predicted molar refractivity (Wildman–Crippen MR) is 72.4 cm³/mol. The first-order valence-corrected chi connectivity index (χ1v) is 6.61. The summed E-state index contributed by atoms with van der Waals surface area (Å²) in [5.41, 5.74) is 0.745. The van der Waals surface area contributed by atoms with Gasteiger partial charge in [-0.15, -0.1) is 0 Å². The molecule has 0 aliphatic carbocycles. The van der Waals surface area contributed by atoms with Crippen molar-refractivity contribution in [3.63, 3.8) is 0 Å². The minimum atomic E-state index is -1.07. The van der Waals surface area contributed by atoms with Gasteiger partial charge in [0.2, 0.25) is 5.91 Å². The van der Waals surface area contributed by atoms with Crippen LogP contribution in [0.2, 0.25) is 0 Å². The van der Waals surface area contributed by atoms with Crippen molar-refractivity contribution in [3.05, 3.63) is 29.8 Å². The largest absolute Gasteiger partial charge is 0.508 e. The van der Waals surface area contributed by atoms with Crippen molar-refractivity contribution < 1.29 is 19.8 Å². The Morgan fingerprint density at radius 2 is 2.05 bits per heavy atom. The molecule has 1 aliphatic heterocycles. The van der Waals surface area contributed by atoms with Gasteiger partial charge in [-0.2, -0.15) is 0 Å². The molecule has 0 spiro atoms. The van der Waals surface area contributed by atoms with Crippen LogP contribution in [0, 0.1) is 0 Å². The van der Waals surface area contributed by atoms with Gasteiger partial charge < -0.3 is 20.8 Å². The second-order valence-electron chi connectivity index (χ2n) is 4.92. The SMILES string of the molecule is O=C(O)C(Cc1ccc(O)cc1)NC(=O)[C@H]1CCCN1. The lowest BCUT2D eigenvalue weighted by atomic mass is 10.1. The number of carboxylic acid groups (broad SMARTS) is 1. The summed E-state index contributed by atoms with van der Waals surface area (Å²) in [6.07, 6.45) is 1.85. The number of carbonyl (C=O) groups is 2. The number of phenolic OH excluding ortho intramolecular Hbond substituents is 1. The van der Waals surface area contributed by atoms with Gasteiger partial charge in [0.15, 0.2) is 0 Å². The molecule has 1 saturated heterocycles. The summed E-state index contributed by atoms with van der Waals surface area (Å²) in [6, 6.07) is 5.02. The topological polar surface area (TPSA) is 98.7 Å². The molecule has 6 heteroatoms. The van der Waals surface area contributed by atoms with Crippen molar-refractivity contribution in [2.45, 2.75) is 31.3 Å². The Bertz CT molecular complexity index is 480. The average Bonchev–Trinajstić information content (AvgIpc) is 2.94. The number of carboxylic acids is 1. The summed E-state index contributed by atoms with van der Waals surface area (Å²) < 4.78 is 0. The van der Waals surface area contributed by atoms with Crippen LogP contribution < -0.4 is 10.6 Å². The fourth-order valence-corrected chi connectivity index (χ4v) is 2.25. The number of carbonyl (C=O) groups excluding carboxylic acids is 1. The molecule has 108 valence electrons. The Labute approximate surface area is 116 Å². The van der Waals surface area contributed by atoms with Gasteiger partial charge in [-0.05, 0) is 37.1 Å². The molecule has 2 rings (SSSR count). The van der Waals surface area contributed by atoms with E-state index in [9.17, 15) is 19.8 Å². The lowest BCUT2D eigenvalue weighted by Gasteiger charge is -2.17. The van der Waals surface area contributed by atoms with Gasteiger partial charge in [-0.3, -0.25) is 4.79 Å². The van der Waals surface area contributed by atoms with Crippen molar-refractivity contribution in [1.29, 1.82) is 0 Å². The number of nitrogens with one attached hydrogen (secondary N) is 2. The van der Waals surface area contributed by atoms with Crippen LogP contribution in [0.3, 0.4) is 0 Å². The van der Waals surface area contributed by atoms with E-state index < -0.39 is 12.0 Å². The standard InChI is InChI=1S/C14H18N2O4/c17-10-5-3-9(4-6-10)8-12(14(19)20)16-13(18)11-2-1-7-15-11/h3-6,11-12,15,17H,1-2,7-8H2,(H,16,18)(H,19,20)/t11-,12?/m1/s1. The quantitative estimate of drug-likeness (QED) is 0.619. The Kier molecular flexibility index (Phi) is 4.57. The number of aliphatic carboxylic acids is 1. The third-order valence-electron chi connectivity index (χ3n) is 3.37. The molecule has 0 saturated carbocycles. The molecule has 0 aromatic heterocycles. The lowest BCUT2D eigenvalue weighted by Crippen LogP contribution is -2.49. The third-order valence-corrected chi connectivity index (χ3v) is 3.37. The van der Waals surface area contributed by atoms with Gasteiger partial charge in [0.1, 0.15) is 11.8 Å². The first-order chi connectivity index (χ1) is 9.56. The van der Waals surface area contributed by atoms with E-state index in [2.05, 4.69) is 10.6 Å². The summed E-state index contributed by atoms with van der Waals surface area (Å²) in [6.45, 7) is 0.786. The van der Waals surface area contributed by atoms with E-state index in [0.29, 0.717) is 0 Å². The molecule has 2 atom stereocenters. The van der Waals surface area contributed by atoms with Crippen LogP contribution in [-0.4, -0.2) is 40.7 Å². The van der Waals surface area contributed by atoms with Crippen molar-refractivity contribution in [2.75, 3.05) is 6.54 Å². The molecular formula is C14H18N2O4. The van der Waals surface area contributed by atoms with Gasteiger partial charge in [0, 0.05) is 6.42 Å². The van der Waals surface area contributed by atoms with Crippen LogP contribution in [0.1, 0.15) is 18.4 Å². The Balaban J connectivity index is 1.98. The maximum atomic E-state index is 11.9. The van der Waals surface area contributed by atoms with Gasteiger partial charge in [0.25, 0.3) is 0 Å². The first-order valence-electron chi connectivity index (χ1n) is 6.61. The fraction of sp³-hybridized carbons (Fsp3) is 0.429. The first kappa shape index (κ1) is 14.3. The van der Waals surface area contributed by atoms with Crippen LogP contribution >= 0.6 is 0 Å². The zero-order valence-electron chi connectivity index (χ0n) is 11.0. The molecule has 1 aliphatic rings. The maximum Gasteiger partial charge on any atom is 0.326 e. The minimum Gasteiger partial charge on any atom is -0.508 e. The molecule has 1 heterocycles. The zero-order chi connectivity index (χ0) is 14.5. The summed E-state index contributed by atoms with van der Waals surface area (Å²) in [5.74, 6) is -1.21. The average molecular weight is 278 g/mol. The monoisotopic (exact) mass is 278 g/mol. The number of amides is 1. The number of hydrogen-bond acceptors (Lipinski definition) is 4. The van der Waals surface area contributed by atoms with E-state index in [0.717, 1.165) is 24.9 Å². The molecule has 6 nitrogen and oxygen atoms in total. The molecule has 4 N–H and O–H groups in total. The van der Waals surface area contributed by atoms with Crippen LogP contribution in [0.5, 0.6) is 5.75 Å². The summed E-state index contributed by atoms with van der Waals surface area (Å²) in [4.78, 5) is 23.2. The smallest absolute Gasteiger partial charge is 0.326 e. The number of rotatable bonds is 5. The van der Waals surface area contributed by atoms with Crippen LogP contribution in [-0.2, 0) is 16.0 Å². The summed E-state index contributed by atoms with van der Waals surface area (Å²) in [7, 11) is 0. The van der Waals surface area contributed by atoms with E-state index in [1.807, 2.05) is 0 Å². The Hall–Kier alpha value is -2.08. The highest BCUT2D eigenvalue weighted by atomic mass is 16.4.